The van der Waals surface area contributed by atoms with Gasteiger partial charge in [-0.2, -0.15) is 0 Å². The van der Waals surface area contributed by atoms with E-state index in [2.05, 4.69) is 25.3 Å². The molecule has 1 heterocycles. The Morgan fingerprint density at radius 2 is 1.78 bits per heavy atom. The van der Waals surface area contributed by atoms with Gasteiger partial charge in [0.05, 0.1) is 6.61 Å². The summed E-state index contributed by atoms with van der Waals surface area (Å²) in [6, 6.07) is 12.6. The standard InChI is InChI=1S/C26H33FN2O3/c1-5-7-21-10-13-24(31-6-2)25(14-21)32-18-26(30)29-16-19(3)28(15-20(29)4)17-22-8-11-23(27)12-9-22/h5,8-14,19-20H,1,6-7,15-18H2,2-4H3/t19-,20+/m0/s1. The van der Waals surface area contributed by atoms with E-state index in [9.17, 15) is 9.18 Å². The summed E-state index contributed by atoms with van der Waals surface area (Å²) in [6.45, 7) is 12.5. The molecule has 0 bridgehead atoms. The van der Waals surface area contributed by atoms with Crippen LogP contribution in [-0.2, 0) is 17.8 Å². The fourth-order valence-corrected chi connectivity index (χ4v) is 4.05. The van der Waals surface area contributed by atoms with Crippen LogP contribution in [0.25, 0.3) is 0 Å². The van der Waals surface area contributed by atoms with Crippen LogP contribution in [0.2, 0.25) is 0 Å². The van der Waals surface area contributed by atoms with Crippen LogP contribution in [0.15, 0.2) is 55.1 Å². The summed E-state index contributed by atoms with van der Waals surface area (Å²) in [4.78, 5) is 17.2. The van der Waals surface area contributed by atoms with Gasteiger partial charge in [0.25, 0.3) is 5.91 Å². The third-order valence-corrected chi connectivity index (χ3v) is 5.77. The zero-order valence-corrected chi connectivity index (χ0v) is 19.2. The van der Waals surface area contributed by atoms with Crippen molar-refractivity contribution in [1.82, 2.24) is 9.80 Å². The molecule has 0 N–H and O–H groups in total. The summed E-state index contributed by atoms with van der Waals surface area (Å²) in [5, 5.41) is 0. The molecular weight excluding hydrogens is 407 g/mol. The lowest BCUT2D eigenvalue weighted by Crippen LogP contribution is -2.58. The molecule has 1 saturated heterocycles. The van der Waals surface area contributed by atoms with Crippen molar-refractivity contribution < 1.29 is 18.7 Å². The predicted molar refractivity (Wildman–Crippen MR) is 124 cm³/mol. The van der Waals surface area contributed by atoms with Gasteiger partial charge < -0.3 is 14.4 Å². The molecule has 1 amide bonds. The lowest BCUT2D eigenvalue weighted by Gasteiger charge is -2.44. The number of carbonyl (C=O) groups excluding carboxylic acids is 1. The first-order chi connectivity index (χ1) is 15.4. The summed E-state index contributed by atoms with van der Waals surface area (Å²) in [7, 11) is 0. The third kappa shape index (κ3) is 6.10. The maximum Gasteiger partial charge on any atom is 0.260 e. The molecule has 3 rings (SSSR count). The van der Waals surface area contributed by atoms with Crippen LogP contribution in [0.3, 0.4) is 0 Å². The van der Waals surface area contributed by atoms with Gasteiger partial charge >= 0.3 is 0 Å². The molecule has 32 heavy (non-hydrogen) atoms. The maximum absolute atomic E-state index is 13.2. The minimum Gasteiger partial charge on any atom is -0.490 e. The number of benzene rings is 2. The van der Waals surface area contributed by atoms with E-state index in [1.807, 2.05) is 48.2 Å². The van der Waals surface area contributed by atoms with E-state index in [1.54, 1.807) is 0 Å². The normalized spacial score (nSPS) is 18.9. The first-order valence-corrected chi connectivity index (χ1v) is 11.2. The van der Waals surface area contributed by atoms with E-state index in [0.717, 1.165) is 30.6 Å². The molecule has 6 heteroatoms. The van der Waals surface area contributed by atoms with Gasteiger partial charge in [-0.15, -0.1) is 6.58 Å². The van der Waals surface area contributed by atoms with E-state index in [-0.39, 0.29) is 30.4 Å². The molecule has 0 aromatic heterocycles. The number of hydrogen-bond donors (Lipinski definition) is 0. The van der Waals surface area contributed by atoms with Gasteiger partial charge in [-0.25, -0.2) is 4.39 Å². The Morgan fingerprint density at radius 1 is 1.06 bits per heavy atom. The smallest absolute Gasteiger partial charge is 0.260 e. The van der Waals surface area contributed by atoms with E-state index >= 15 is 0 Å². The van der Waals surface area contributed by atoms with Crippen molar-refractivity contribution in [3.05, 3.63) is 72.1 Å². The van der Waals surface area contributed by atoms with E-state index in [0.29, 0.717) is 24.7 Å². The summed E-state index contributed by atoms with van der Waals surface area (Å²) in [5.74, 6) is 0.948. The van der Waals surface area contributed by atoms with Gasteiger partial charge in [0.15, 0.2) is 18.1 Å². The minimum atomic E-state index is -0.229. The SMILES string of the molecule is C=CCc1ccc(OCC)c(OCC(=O)N2C[C@H](C)N(Cc3ccc(F)cc3)C[C@H]2C)c1. The van der Waals surface area contributed by atoms with Crippen molar-refractivity contribution in [2.24, 2.45) is 0 Å². The molecular formula is C26H33FN2O3. The van der Waals surface area contributed by atoms with Gasteiger partial charge in [0.2, 0.25) is 0 Å². The summed E-state index contributed by atoms with van der Waals surface area (Å²) in [5.41, 5.74) is 2.12. The fourth-order valence-electron chi connectivity index (χ4n) is 4.05. The highest BCUT2D eigenvalue weighted by atomic mass is 19.1. The van der Waals surface area contributed by atoms with Crippen LogP contribution in [0.5, 0.6) is 11.5 Å². The Morgan fingerprint density at radius 3 is 2.47 bits per heavy atom. The molecule has 0 radical (unpaired) electrons. The Labute approximate surface area is 190 Å². The van der Waals surface area contributed by atoms with Crippen LogP contribution in [0.1, 0.15) is 31.9 Å². The molecule has 5 nitrogen and oxygen atoms in total. The highest BCUT2D eigenvalue weighted by Gasteiger charge is 2.32. The van der Waals surface area contributed by atoms with Crippen molar-refractivity contribution in [2.75, 3.05) is 26.3 Å². The molecule has 0 spiro atoms. The number of amides is 1. The number of carbonyl (C=O) groups is 1. The van der Waals surface area contributed by atoms with E-state index in [1.165, 1.54) is 12.1 Å². The second-order valence-corrected chi connectivity index (χ2v) is 8.30. The Bertz CT molecular complexity index is 916. The molecule has 0 saturated carbocycles. The molecule has 172 valence electrons. The summed E-state index contributed by atoms with van der Waals surface area (Å²) in [6.07, 6.45) is 2.56. The highest BCUT2D eigenvalue weighted by molar-refractivity contribution is 5.78. The van der Waals surface area contributed by atoms with Crippen LogP contribution >= 0.6 is 0 Å². The van der Waals surface area contributed by atoms with Gasteiger partial charge in [-0.1, -0.05) is 24.3 Å². The molecule has 2 aromatic rings. The highest BCUT2D eigenvalue weighted by Crippen LogP contribution is 2.29. The molecule has 0 unspecified atom stereocenters. The number of ether oxygens (including phenoxy) is 2. The van der Waals surface area contributed by atoms with Crippen molar-refractivity contribution in [3.8, 4) is 11.5 Å². The average Bonchev–Trinajstić information content (AvgIpc) is 2.77. The van der Waals surface area contributed by atoms with Gasteiger partial charge in [-0.05, 0) is 62.6 Å². The maximum atomic E-state index is 13.2. The lowest BCUT2D eigenvalue weighted by molar-refractivity contribution is -0.139. The molecule has 0 aliphatic carbocycles. The lowest BCUT2D eigenvalue weighted by atomic mass is 10.1. The molecule has 1 aliphatic heterocycles. The number of piperazine rings is 1. The van der Waals surface area contributed by atoms with E-state index in [4.69, 9.17) is 9.47 Å². The molecule has 2 aromatic carbocycles. The monoisotopic (exact) mass is 440 g/mol. The Hall–Kier alpha value is -2.86. The second kappa shape index (κ2) is 11.1. The Kier molecular flexibility index (Phi) is 8.28. The average molecular weight is 441 g/mol. The number of allylic oxidation sites excluding steroid dienone is 1. The van der Waals surface area contributed by atoms with Gasteiger partial charge in [-0.3, -0.25) is 9.69 Å². The first kappa shape index (κ1) is 23.8. The summed E-state index contributed by atoms with van der Waals surface area (Å²) >= 11 is 0. The largest absolute Gasteiger partial charge is 0.490 e. The number of hydrogen-bond acceptors (Lipinski definition) is 4. The third-order valence-electron chi connectivity index (χ3n) is 5.77. The number of rotatable bonds is 9. The van der Waals surface area contributed by atoms with Gasteiger partial charge in [0, 0.05) is 31.7 Å². The molecule has 1 fully saturated rings. The number of nitrogens with zero attached hydrogens (tertiary/aromatic N) is 2. The first-order valence-electron chi connectivity index (χ1n) is 11.2. The molecule has 1 aliphatic rings. The van der Waals surface area contributed by atoms with Crippen molar-refractivity contribution in [3.63, 3.8) is 0 Å². The van der Waals surface area contributed by atoms with Crippen LogP contribution in [-0.4, -0.2) is 54.1 Å². The molecule has 2 atom stereocenters. The zero-order chi connectivity index (χ0) is 23.1. The Balaban J connectivity index is 1.60. The topological polar surface area (TPSA) is 42.0 Å². The van der Waals surface area contributed by atoms with Crippen molar-refractivity contribution in [1.29, 1.82) is 0 Å². The van der Waals surface area contributed by atoms with Crippen LogP contribution < -0.4 is 9.47 Å². The van der Waals surface area contributed by atoms with Crippen LogP contribution in [0.4, 0.5) is 4.39 Å². The van der Waals surface area contributed by atoms with Crippen molar-refractivity contribution >= 4 is 5.91 Å². The quantitative estimate of drug-likeness (QED) is 0.540. The predicted octanol–water partition coefficient (Wildman–Crippen LogP) is 4.45. The number of halogens is 1. The van der Waals surface area contributed by atoms with Gasteiger partial charge in [0.1, 0.15) is 5.82 Å². The second-order valence-electron chi connectivity index (χ2n) is 8.30. The fraction of sp³-hybridized carbons (Fsp3) is 0.423. The minimum absolute atomic E-state index is 0.0351. The van der Waals surface area contributed by atoms with E-state index < -0.39 is 0 Å². The summed E-state index contributed by atoms with van der Waals surface area (Å²) < 4.78 is 24.8. The van der Waals surface area contributed by atoms with Crippen LogP contribution in [0, 0.1) is 5.82 Å². The van der Waals surface area contributed by atoms with Crippen molar-refractivity contribution in [2.45, 2.75) is 45.8 Å². The zero-order valence-electron chi connectivity index (χ0n) is 19.2.